The van der Waals surface area contributed by atoms with Crippen molar-refractivity contribution in [2.24, 2.45) is 0 Å². The zero-order valence-electron chi connectivity index (χ0n) is 15.7. The molecule has 0 bridgehead atoms. The van der Waals surface area contributed by atoms with Crippen molar-refractivity contribution in [1.29, 1.82) is 0 Å². The van der Waals surface area contributed by atoms with Gasteiger partial charge in [-0.15, -0.1) is 0 Å². The number of carbonyl (C=O) groups is 1. The average Bonchev–Trinajstić information content (AvgIpc) is 3.07. The molecule has 0 aliphatic heterocycles. The molecule has 0 unspecified atom stereocenters. The normalized spacial score (nSPS) is 12.1. The fourth-order valence-electron chi connectivity index (χ4n) is 3.31. The number of hydrogen-bond acceptors (Lipinski definition) is 3. The SMILES string of the molecule is CC(C)n1c(C(F)(F)F)nc2cc(C(=O)Nc3ccc4cccnc4c3)ccc21. The molecule has 0 saturated heterocycles. The van der Waals surface area contributed by atoms with Gasteiger partial charge in [-0.05, 0) is 50.2 Å². The summed E-state index contributed by atoms with van der Waals surface area (Å²) in [6.45, 7) is 3.31. The molecule has 2 aromatic carbocycles. The first-order valence-electron chi connectivity index (χ1n) is 8.99. The first kappa shape index (κ1) is 18.9. The molecule has 0 aliphatic carbocycles. The van der Waals surface area contributed by atoms with E-state index in [4.69, 9.17) is 0 Å². The number of halogens is 3. The van der Waals surface area contributed by atoms with Crippen molar-refractivity contribution in [3.8, 4) is 0 Å². The molecular formula is C21H17F3N4O. The van der Waals surface area contributed by atoms with Crippen LogP contribution in [0.1, 0.15) is 36.1 Å². The summed E-state index contributed by atoms with van der Waals surface area (Å²) in [5.74, 6) is -1.41. The van der Waals surface area contributed by atoms with Crippen molar-refractivity contribution < 1.29 is 18.0 Å². The summed E-state index contributed by atoms with van der Waals surface area (Å²) in [6, 6.07) is 13.0. The van der Waals surface area contributed by atoms with Crippen LogP contribution in [-0.4, -0.2) is 20.4 Å². The highest BCUT2D eigenvalue weighted by atomic mass is 19.4. The van der Waals surface area contributed by atoms with Crippen LogP contribution in [-0.2, 0) is 6.18 Å². The molecule has 0 saturated carbocycles. The smallest absolute Gasteiger partial charge is 0.322 e. The number of benzene rings is 2. The zero-order chi connectivity index (χ0) is 20.8. The summed E-state index contributed by atoms with van der Waals surface area (Å²) in [7, 11) is 0. The molecule has 5 nitrogen and oxygen atoms in total. The average molecular weight is 398 g/mol. The molecule has 0 spiro atoms. The Labute approximate surface area is 164 Å². The van der Waals surface area contributed by atoms with E-state index in [1.54, 1.807) is 32.2 Å². The summed E-state index contributed by atoms with van der Waals surface area (Å²) in [6.07, 6.45) is -2.92. The van der Waals surface area contributed by atoms with Crippen molar-refractivity contribution in [2.45, 2.75) is 26.1 Å². The maximum absolute atomic E-state index is 13.4. The van der Waals surface area contributed by atoms with Gasteiger partial charge in [0, 0.05) is 28.9 Å². The highest BCUT2D eigenvalue weighted by Gasteiger charge is 2.38. The maximum atomic E-state index is 13.4. The van der Waals surface area contributed by atoms with Gasteiger partial charge in [-0.25, -0.2) is 4.98 Å². The third-order valence-electron chi connectivity index (χ3n) is 4.59. The van der Waals surface area contributed by atoms with E-state index in [9.17, 15) is 18.0 Å². The Morgan fingerprint density at radius 3 is 2.59 bits per heavy atom. The van der Waals surface area contributed by atoms with E-state index in [-0.39, 0.29) is 11.1 Å². The van der Waals surface area contributed by atoms with Crippen LogP contribution in [0.3, 0.4) is 0 Å². The summed E-state index contributed by atoms with van der Waals surface area (Å²) in [5.41, 5.74) is 1.95. The Morgan fingerprint density at radius 1 is 1.07 bits per heavy atom. The van der Waals surface area contributed by atoms with Crippen molar-refractivity contribution in [3.63, 3.8) is 0 Å². The number of alkyl halides is 3. The number of rotatable bonds is 3. The number of pyridine rings is 1. The van der Waals surface area contributed by atoms with Gasteiger partial charge in [0.2, 0.25) is 5.82 Å². The van der Waals surface area contributed by atoms with Crippen LogP contribution in [0.25, 0.3) is 21.9 Å². The Kier molecular flexibility index (Phi) is 4.49. The lowest BCUT2D eigenvalue weighted by Crippen LogP contribution is -2.16. The Bertz CT molecular complexity index is 1230. The third kappa shape index (κ3) is 3.53. The summed E-state index contributed by atoms with van der Waals surface area (Å²) in [5, 5.41) is 3.69. The molecule has 0 atom stereocenters. The number of aromatic nitrogens is 3. The van der Waals surface area contributed by atoms with Crippen LogP contribution in [0.2, 0.25) is 0 Å². The third-order valence-corrected chi connectivity index (χ3v) is 4.59. The van der Waals surface area contributed by atoms with Crippen LogP contribution in [0.4, 0.5) is 18.9 Å². The fraction of sp³-hybridized carbons (Fsp3) is 0.190. The topological polar surface area (TPSA) is 59.8 Å². The number of imidazole rings is 1. The number of carbonyl (C=O) groups excluding carboxylic acids is 1. The number of amides is 1. The molecule has 1 amide bonds. The monoisotopic (exact) mass is 398 g/mol. The predicted octanol–water partition coefficient (Wildman–Crippen LogP) is 5.44. The number of nitrogens with zero attached hydrogens (tertiary/aromatic N) is 3. The van der Waals surface area contributed by atoms with E-state index in [2.05, 4.69) is 15.3 Å². The standard InChI is InChI=1S/C21H17F3N4O/c1-12(2)28-18-8-6-14(10-17(18)27-20(28)21(22,23)24)19(29)26-15-7-5-13-4-3-9-25-16(13)11-15/h3-12H,1-2H3,(H,26,29). The highest BCUT2D eigenvalue weighted by molar-refractivity contribution is 6.06. The minimum absolute atomic E-state index is 0.124. The van der Waals surface area contributed by atoms with Crippen molar-refractivity contribution in [3.05, 3.63) is 66.1 Å². The van der Waals surface area contributed by atoms with Crippen LogP contribution in [0, 0.1) is 0 Å². The summed E-state index contributed by atoms with van der Waals surface area (Å²) >= 11 is 0. The molecule has 2 aromatic heterocycles. The van der Waals surface area contributed by atoms with Gasteiger partial charge >= 0.3 is 6.18 Å². The second kappa shape index (κ2) is 6.88. The van der Waals surface area contributed by atoms with E-state index < -0.39 is 23.9 Å². The van der Waals surface area contributed by atoms with E-state index in [1.807, 2.05) is 18.2 Å². The summed E-state index contributed by atoms with van der Waals surface area (Å²) in [4.78, 5) is 20.6. The lowest BCUT2D eigenvalue weighted by atomic mass is 10.1. The van der Waals surface area contributed by atoms with Crippen LogP contribution in [0.5, 0.6) is 0 Å². The van der Waals surface area contributed by atoms with Gasteiger partial charge in [0.05, 0.1) is 16.6 Å². The lowest BCUT2D eigenvalue weighted by molar-refractivity contribution is -0.147. The second-order valence-electron chi connectivity index (χ2n) is 6.97. The number of hydrogen-bond donors (Lipinski definition) is 1. The molecule has 4 aromatic rings. The predicted molar refractivity (Wildman–Crippen MR) is 105 cm³/mol. The van der Waals surface area contributed by atoms with Gasteiger partial charge in [-0.2, -0.15) is 13.2 Å². The van der Waals surface area contributed by atoms with Gasteiger partial charge in [-0.1, -0.05) is 12.1 Å². The molecule has 0 fully saturated rings. The molecule has 29 heavy (non-hydrogen) atoms. The number of fused-ring (bicyclic) bond motifs is 2. The molecule has 0 aliphatic rings. The van der Waals surface area contributed by atoms with E-state index >= 15 is 0 Å². The zero-order valence-corrected chi connectivity index (χ0v) is 15.7. The highest BCUT2D eigenvalue weighted by Crippen LogP contribution is 2.34. The van der Waals surface area contributed by atoms with Gasteiger partial charge in [-0.3, -0.25) is 9.78 Å². The van der Waals surface area contributed by atoms with Crippen molar-refractivity contribution in [2.75, 3.05) is 5.32 Å². The molecule has 8 heteroatoms. The van der Waals surface area contributed by atoms with Gasteiger partial charge in [0.25, 0.3) is 5.91 Å². The number of anilines is 1. The first-order valence-corrected chi connectivity index (χ1v) is 8.99. The quantitative estimate of drug-likeness (QED) is 0.500. The van der Waals surface area contributed by atoms with Crippen molar-refractivity contribution in [1.82, 2.24) is 14.5 Å². The molecule has 148 valence electrons. The van der Waals surface area contributed by atoms with Gasteiger partial charge < -0.3 is 9.88 Å². The Hall–Kier alpha value is -3.42. The van der Waals surface area contributed by atoms with E-state index in [0.717, 1.165) is 15.5 Å². The van der Waals surface area contributed by atoms with Crippen LogP contribution >= 0.6 is 0 Å². The minimum atomic E-state index is -4.58. The molecule has 4 rings (SSSR count). The van der Waals surface area contributed by atoms with Gasteiger partial charge in [0.15, 0.2) is 0 Å². The van der Waals surface area contributed by atoms with Crippen molar-refractivity contribution >= 4 is 33.5 Å². The maximum Gasteiger partial charge on any atom is 0.449 e. The molecule has 0 radical (unpaired) electrons. The largest absolute Gasteiger partial charge is 0.449 e. The van der Waals surface area contributed by atoms with Gasteiger partial charge in [0.1, 0.15) is 0 Å². The molecular weight excluding hydrogens is 381 g/mol. The van der Waals surface area contributed by atoms with Crippen LogP contribution < -0.4 is 5.32 Å². The first-order chi connectivity index (χ1) is 13.7. The van der Waals surface area contributed by atoms with Crippen LogP contribution in [0.15, 0.2) is 54.7 Å². The minimum Gasteiger partial charge on any atom is -0.322 e. The Morgan fingerprint density at radius 2 is 1.86 bits per heavy atom. The fourth-order valence-corrected chi connectivity index (χ4v) is 3.31. The lowest BCUT2D eigenvalue weighted by Gasteiger charge is -2.14. The number of nitrogens with one attached hydrogen (secondary N) is 1. The van der Waals surface area contributed by atoms with E-state index in [1.165, 1.54) is 18.2 Å². The van der Waals surface area contributed by atoms with E-state index in [0.29, 0.717) is 11.2 Å². The Balaban J connectivity index is 1.69. The molecule has 2 heterocycles. The summed E-state index contributed by atoms with van der Waals surface area (Å²) < 4.78 is 41.2. The molecule has 1 N–H and O–H groups in total. The second-order valence-corrected chi connectivity index (χ2v) is 6.97.